The minimum Gasteiger partial charge on any atom is -0.410 e. The Labute approximate surface area is 59.6 Å². The van der Waals surface area contributed by atoms with Gasteiger partial charge >= 0.3 is 0 Å². The minimum atomic E-state index is 0.702. The smallest absolute Gasteiger partial charge is 0.110 e. The maximum Gasteiger partial charge on any atom is 0.110 e. The van der Waals surface area contributed by atoms with Gasteiger partial charge in [0.15, 0.2) is 0 Å². The molecule has 0 aliphatic carbocycles. The highest BCUT2D eigenvalue weighted by Gasteiger charge is 1.86. The summed E-state index contributed by atoms with van der Waals surface area (Å²) in [6, 6.07) is 0. The lowest BCUT2D eigenvalue weighted by Crippen LogP contribution is -1.83. The Morgan fingerprint density at radius 2 is 2.44 bits per heavy atom. The zero-order chi connectivity index (χ0) is 7.11. The Hall–Kier alpha value is -0.440. The summed E-state index contributed by atoms with van der Waals surface area (Å²) in [7, 11) is 0. The van der Waals surface area contributed by atoms with Crippen LogP contribution in [0.1, 0.15) is 13.8 Å². The van der Waals surface area contributed by atoms with Gasteiger partial charge in [0.2, 0.25) is 0 Å². The number of rotatable bonds is 2. The number of thioether (sulfide) groups is 1. The molecule has 0 bridgehead atoms. The van der Waals surface area contributed by atoms with E-state index in [4.69, 9.17) is 5.21 Å². The van der Waals surface area contributed by atoms with Crippen molar-refractivity contribution in [2.24, 2.45) is 5.16 Å². The molecule has 0 saturated heterocycles. The molecule has 0 saturated carbocycles. The SMILES string of the molecule is CC=CCSC(C)=NO. The summed E-state index contributed by atoms with van der Waals surface area (Å²) in [5.41, 5.74) is 0. The summed E-state index contributed by atoms with van der Waals surface area (Å²) in [6.07, 6.45) is 3.98. The Morgan fingerprint density at radius 1 is 1.78 bits per heavy atom. The Bertz CT molecular complexity index is 120. The molecule has 52 valence electrons. The molecule has 0 aliphatic rings. The molecule has 0 spiro atoms. The third-order valence-electron chi connectivity index (χ3n) is 0.765. The van der Waals surface area contributed by atoms with Gasteiger partial charge in [0.25, 0.3) is 0 Å². The highest BCUT2D eigenvalue weighted by Crippen LogP contribution is 2.02. The molecule has 0 fully saturated rings. The summed E-state index contributed by atoms with van der Waals surface area (Å²) in [5, 5.41) is 11.9. The molecule has 0 radical (unpaired) electrons. The first-order chi connectivity index (χ1) is 4.31. The molecule has 0 unspecified atom stereocenters. The van der Waals surface area contributed by atoms with E-state index in [0.29, 0.717) is 5.04 Å². The molecule has 0 rings (SSSR count). The molecule has 2 nitrogen and oxygen atoms in total. The van der Waals surface area contributed by atoms with Crippen molar-refractivity contribution in [1.82, 2.24) is 0 Å². The van der Waals surface area contributed by atoms with Gasteiger partial charge in [0.05, 0.1) is 0 Å². The van der Waals surface area contributed by atoms with Crippen LogP contribution in [0.2, 0.25) is 0 Å². The molecule has 0 aromatic rings. The van der Waals surface area contributed by atoms with Crippen molar-refractivity contribution in [2.45, 2.75) is 13.8 Å². The maximum absolute atomic E-state index is 8.18. The maximum atomic E-state index is 8.18. The van der Waals surface area contributed by atoms with Gasteiger partial charge in [-0.3, -0.25) is 0 Å². The van der Waals surface area contributed by atoms with Crippen LogP contribution in [0, 0.1) is 0 Å². The summed E-state index contributed by atoms with van der Waals surface area (Å²) in [4.78, 5) is 0. The number of hydrogen-bond donors (Lipinski definition) is 1. The molecule has 9 heavy (non-hydrogen) atoms. The van der Waals surface area contributed by atoms with Crippen LogP contribution in [0.15, 0.2) is 17.3 Å². The van der Waals surface area contributed by atoms with E-state index in [1.165, 1.54) is 11.8 Å². The Morgan fingerprint density at radius 3 is 2.89 bits per heavy atom. The topological polar surface area (TPSA) is 32.6 Å². The van der Waals surface area contributed by atoms with E-state index >= 15 is 0 Å². The molecule has 0 atom stereocenters. The Kier molecular flexibility index (Phi) is 5.41. The second kappa shape index (κ2) is 5.69. The van der Waals surface area contributed by atoms with Crippen molar-refractivity contribution in [3.8, 4) is 0 Å². The van der Waals surface area contributed by atoms with Gasteiger partial charge in [0.1, 0.15) is 5.04 Å². The van der Waals surface area contributed by atoms with Crippen LogP contribution in [0.4, 0.5) is 0 Å². The van der Waals surface area contributed by atoms with Gasteiger partial charge in [-0.25, -0.2) is 0 Å². The largest absolute Gasteiger partial charge is 0.410 e. The van der Waals surface area contributed by atoms with Gasteiger partial charge in [-0.1, -0.05) is 17.3 Å². The number of hydrogen-bond acceptors (Lipinski definition) is 3. The first kappa shape index (κ1) is 8.56. The van der Waals surface area contributed by atoms with E-state index in [-0.39, 0.29) is 0 Å². The second-order valence-electron chi connectivity index (χ2n) is 1.50. The second-order valence-corrected chi connectivity index (χ2v) is 2.71. The van der Waals surface area contributed by atoms with Crippen molar-refractivity contribution in [1.29, 1.82) is 0 Å². The molecule has 0 aromatic carbocycles. The van der Waals surface area contributed by atoms with Gasteiger partial charge in [-0.15, -0.1) is 11.8 Å². The lowest BCUT2D eigenvalue weighted by atomic mass is 10.6. The van der Waals surface area contributed by atoms with E-state index in [2.05, 4.69) is 5.16 Å². The van der Waals surface area contributed by atoms with Crippen LogP contribution >= 0.6 is 11.8 Å². The predicted octanol–water partition coefficient (Wildman–Crippen LogP) is 2.10. The average Bonchev–Trinajstić information content (AvgIpc) is 1.89. The highest BCUT2D eigenvalue weighted by molar-refractivity contribution is 8.13. The fourth-order valence-corrected chi connectivity index (χ4v) is 0.881. The standard InChI is InChI=1S/C6H11NOS/c1-3-4-5-9-6(2)7-8/h3-4,8H,5H2,1-2H3. The molecule has 3 heteroatoms. The monoisotopic (exact) mass is 145 g/mol. The van der Waals surface area contributed by atoms with Crippen molar-refractivity contribution < 1.29 is 5.21 Å². The van der Waals surface area contributed by atoms with E-state index in [9.17, 15) is 0 Å². The zero-order valence-electron chi connectivity index (χ0n) is 5.66. The molecule has 1 N–H and O–H groups in total. The van der Waals surface area contributed by atoms with E-state index in [0.717, 1.165) is 5.75 Å². The third-order valence-corrected chi connectivity index (χ3v) is 1.62. The summed E-state index contributed by atoms with van der Waals surface area (Å²) in [6.45, 7) is 3.74. The average molecular weight is 145 g/mol. The molecular weight excluding hydrogens is 134 g/mol. The minimum absolute atomic E-state index is 0.702. The molecular formula is C6H11NOS. The van der Waals surface area contributed by atoms with Gasteiger partial charge < -0.3 is 5.21 Å². The van der Waals surface area contributed by atoms with Crippen LogP contribution in [0.5, 0.6) is 0 Å². The molecule has 0 aliphatic heterocycles. The van der Waals surface area contributed by atoms with Crippen LogP contribution in [-0.4, -0.2) is 16.0 Å². The van der Waals surface area contributed by atoms with Crippen molar-refractivity contribution >= 4 is 16.8 Å². The molecule has 0 amide bonds. The van der Waals surface area contributed by atoms with E-state index in [1.54, 1.807) is 6.92 Å². The molecule has 0 aromatic heterocycles. The summed E-state index contributed by atoms with van der Waals surface area (Å²) < 4.78 is 0. The van der Waals surface area contributed by atoms with Crippen LogP contribution in [-0.2, 0) is 0 Å². The van der Waals surface area contributed by atoms with Crippen molar-refractivity contribution in [3.63, 3.8) is 0 Å². The third kappa shape index (κ3) is 5.43. The van der Waals surface area contributed by atoms with Crippen molar-refractivity contribution in [2.75, 3.05) is 5.75 Å². The molecule has 0 heterocycles. The van der Waals surface area contributed by atoms with Gasteiger partial charge in [-0.05, 0) is 13.8 Å². The Balaban J connectivity index is 3.28. The summed E-state index contributed by atoms with van der Waals surface area (Å²) >= 11 is 1.51. The normalized spacial score (nSPS) is 12.9. The van der Waals surface area contributed by atoms with E-state index in [1.807, 2.05) is 19.1 Å². The fraction of sp³-hybridized carbons (Fsp3) is 0.500. The lowest BCUT2D eigenvalue weighted by molar-refractivity contribution is 0.320. The fourth-order valence-electron chi connectivity index (χ4n) is 0.294. The lowest BCUT2D eigenvalue weighted by Gasteiger charge is -1.90. The van der Waals surface area contributed by atoms with E-state index < -0.39 is 0 Å². The van der Waals surface area contributed by atoms with Crippen LogP contribution in [0.3, 0.4) is 0 Å². The first-order valence-corrected chi connectivity index (χ1v) is 3.72. The predicted molar refractivity (Wildman–Crippen MR) is 42.2 cm³/mol. The quantitative estimate of drug-likeness (QED) is 0.212. The number of oxime groups is 1. The van der Waals surface area contributed by atoms with Crippen molar-refractivity contribution in [3.05, 3.63) is 12.2 Å². The summed E-state index contributed by atoms with van der Waals surface area (Å²) in [5.74, 6) is 0.881. The van der Waals surface area contributed by atoms with Crippen LogP contribution < -0.4 is 0 Å². The van der Waals surface area contributed by atoms with Gasteiger partial charge in [-0.2, -0.15) is 0 Å². The zero-order valence-corrected chi connectivity index (χ0v) is 6.48. The first-order valence-electron chi connectivity index (χ1n) is 2.74. The number of allylic oxidation sites excluding steroid dienone is 1. The highest BCUT2D eigenvalue weighted by atomic mass is 32.2. The van der Waals surface area contributed by atoms with Crippen LogP contribution in [0.25, 0.3) is 0 Å². The van der Waals surface area contributed by atoms with Gasteiger partial charge in [0, 0.05) is 5.75 Å². The number of nitrogens with zero attached hydrogens (tertiary/aromatic N) is 1.